The second-order valence-corrected chi connectivity index (χ2v) is 3.26. The van der Waals surface area contributed by atoms with Gasteiger partial charge in [0.2, 0.25) is 0 Å². The van der Waals surface area contributed by atoms with E-state index in [0.29, 0.717) is 5.92 Å². The van der Waals surface area contributed by atoms with Crippen molar-refractivity contribution in [3.8, 4) is 0 Å². The van der Waals surface area contributed by atoms with E-state index >= 15 is 0 Å². The maximum Gasteiger partial charge on any atom is 0.115 e. The van der Waals surface area contributed by atoms with E-state index in [1.54, 1.807) is 6.20 Å². The van der Waals surface area contributed by atoms with Crippen LogP contribution in [0.15, 0.2) is 18.5 Å². The lowest BCUT2D eigenvalue weighted by Gasteiger charge is -2.03. The van der Waals surface area contributed by atoms with Gasteiger partial charge in [-0.3, -0.25) is 4.98 Å². The van der Waals surface area contributed by atoms with Gasteiger partial charge in [0.05, 0.1) is 6.20 Å². The molecule has 0 atom stereocenters. The molecule has 0 saturated heterocycles. The summed E-state index contributed by atoms with van der Waals surface area (Å²) in [4.78, 5) is 4.24. The number of rotatable bonds is 1. The fourth-order valence-electron chi connectivity index (χ4n) is 1.13. The Morgan fingerprint density at radius 2 is 2.00 bits per heavy atom. The van der Waals surface area contributed by atoms with E-state index in [4.69, 9.17) is 0 Å². The van der Waals surface area contributed by atoms with Crippen LogP contribution in [0.4, 0.5) is 0 Å². The Bertz CT molecular complexity index is 425. The van der Waals surface area contributed by atoms with Crippen molar-refractivity contribution in [2.24, 2.45) is 0 Å². The van der Waals surface area contributed by atoms with Crippen molar-refractivity contribution in [2.45, 2.75) is 19.8 Å². The number of nitrogens with zero attached hydrogens (tertiary/aromatic N) is 4. The van der Waals surface area contributed by atoms with Gasteiger partial charge in [-0.25, -0.2) is 0 Å². The van der Waals surface area contributed by atoms with Gasteiger partial charge in [-0.15, -0.1) is 10.2 Å². The van der Waals surface area contributed by atoms with Crippen LogP contribution in [0.5, 0.6) is 0 Å². The van der Waals surface area contributed by atoms with Gasteiger partial charge in [-0.05, 0) is 22.8 Å². The molecule has 0 spiro atoms. The van der Waals surface area contributed by atoms with E-state index in [1.807, 2.05) is 12.3 Å². The lowest BCUT2D eigenvalue weighted by molar-refractivity contribution is 0.852. The molecular weight excluding hydrogens is 164 g/mol. The van der Waals surface area contributed by atoms with E-state index in [1.165, 1.54) is 5.56 Å². The molecule has 2 aromatic rings. The Morgan fingerprint density at radius 3 is 2.77 bits per heavy atom. The van der Waals surface area contributed by atoms with Crippen molar-refractivity contribution < 1.29 is 0 Å². The van der Waals surface area contributed by atoms with E-state index in [0.717, 1.165) is 11.0 Å². The van der Waals surface area contributed by atoms with E-state index in [-0.39, 0.29) is 0 Å². The SMILES string of the molecule is CC(C)c1cnc2cnnnc2c1. The average molecular weight is 174 g/mol. The van der Waals surface area contributed by atoms with Crippen LogP contribution in [0, 0.1) is 0 Å². The molecule has 0 unspecified atom stereocenters. The number of pyridine rings is 1. The van der Waals surface area contributed by atoms with Gasteiger partial charge < -0.3 is 0 Å². The Labute approximate surface area is 76.0 Å². The van der Waals surface area contributed by atoms with Crippen molar-refractivity contribution in [1.29, 1.82) is 0 Å². The third-order valence-corrected chi connectivity index (χ3v) is 1.97. The molecule has 0 radical (unpaired) electrons. The molecular formula is C9H10N4. The molecule has 66 valence electrons. The maximum atomic E-state index is 4.24. The van der Waals surface area contributed by atoms with Gasteiger partial charge in [0.1, 0.15) is 11.0 Å². The summed E-state index contributed by atoms with van der Waals surface area (Å²) in [5.41, 5.74) is 2.77. The standard InChI is InChI=1S/C9H10N4/c1-6(2)7-3-8-9(10-4-7)5-11-13-12-8/h3-6H,1-2H3. The van der Waals surface area contributed by atoms with Gasteiger partial charge in [0.25, 0.3) is 0 Å². The normalized spacial score (nSPS) is 11.0. The van der Waals surface area contributed by atoms with Crippen molar-refractivity contribution in [3.05, 3.63) is 24.0 Å². The predicted molar refractivity (Wildman–Crippen MR) is 49.2 cm³/mol. The zero-order valence-electron chi connectivity index (χ0n) is 7.60. The lowest BCUT2D eigenvalue weighted by atomic mass is 10.1. The summed E-state index contributed by atoms with van der Waals surface area (Å²) in [5.74, 6) is 0.465. The van der Waals surface area contributed by atoms with Gasteiger partial charge in [0.15, 0.2) is 0 Å². The molecule has 4 heteroatoms. The summed E-state index contributed by atoms with van der Waals surface area (Å²) in [6.45, 7) is 4.24. The van der Waals surface area contributed by atoms with Crippen molar-refractivity contribution in [1.82, 2.24) is 20.4 Å². The summed E-state index contributed by atoms with van der Waals surface area (Å²) in [5, 5.41) is 11.1. The van der Waals surface area contributed by atoms with Crippen LogP contribution in [-0.4, -0.2) is 20.4 Å². The highest BCUT2D eigenvalue weighted by molar-refractivity contribution is 5.72. The molecule has 4 nitrogen and oxygen atoms in total. The van der Waals surface area contributed by atoms with Gasteiger partial charge in [-0.1, -0.05) is 13.8 Å². The number of hydrogen-bond acceptors (Lipinski definition) is 4. The second-order valence-electron chi connectivity index (χ2n) is 3.26. The molecule has 0 aliphatic carbocycles. The van der Waals surface area contributed by atoms with Crippen molar-refractivity contribution >= 4 is 11.0 Å². The Morgan fingerprint density at radius 1 is 1.15 bits per heavy atom. The summed E-state index contributed by atoms with van der Waals surface area (Å²) in [6, 6.07) is 2.00. The van der Waals surface area contributed by atoms with Crippen LogP contribution in [0.2, 0.25) is 0 Å². The largest absolute Gasteiger partial charge is 0.253 e. The number of aromatic nitrogens is 4. The molecule has 0 aliphatic heterocycles. The van der Waals surface area contributed by atoms with E-state index in [9.17, 15) is 0 Å². The second kappa shape index (κ2) is 3.05. The fraction of sp³-hybridized carbons (Fsp3) is 0.333. The smallest absolute Gasteiger partial charge is 0.115 e. The van der Waals surface area contributed by atoms with Gasteiger partial charge in [-0.2, -0.15) is 0 Å². The number of hydrogen-bond donors (Lipinski definition) is 0. The zero-order valence-corrected chi connectivity index (χ0v) is 7.60. The predicted octanol–water partition coefficient (Wildman–Crippen LogP) is 1.54. The third kappa shape index (κ3) is 1.47. The first kappa shape index (κ1) is 8.04. The van der Waals surface area contributed by atoms with Crippen molar-refractivity contribution in [2.75, 3.05) is 0 Å². The molecule has 0 amide bonds. The first-order valence-corrected chi connectivity index (χ1v) is 4.21. The van der Waals surface area contributed by atoms with E-state index < -0.39 is 0 Å². The molecule has 2 aromatic heterocycles. The van der Waals surface area contributed by atoms with Crippen molar-refractivity contribution in [3.63, 3.8) is 0 Å². The lowest BCUT2D eigenvalue weighted by Crippen LogP contribution is -1.93. The minimum Gasteiger partial charge on any atom is -0.253 e. The molecule has 0 N–H and O–H groups in total. The van der Waals surface area contributed by atoms with E-state index in [2.05, 4.69) is 34.2 Å². The molecule has 0 aromatic carbocycles. The Kier molecular flexibility index (Phi) is 1.88. The molecule has 0 bridgehead atoms. The summed E-state index contributed by atoms with van der Waals surface area (Å²) >= 11 is 0. The quantitative estimate of drug-likeness (QED) is 0.658. The zero-order chi connectivity index (χ0) is 9.26. The maximum absolute atomic E-state index is 4.24. The Balaban J connectivity index is 2.62. The Hall–Kier alpha value is -1.58. The summed E-state index contributed by atoms with van der Waals surface area (Å²) < 4.78 is 0. The minimum atomic E-state index is 0.465. The summed E-state index contributed by atoms with van der Waals surface area (Å²) in [7, 11) is 0. The third-order valence-electron chi connectivity index (χ3n) is 1.97. The first-order valence-electron chi connectivity index (χ1n) is 4.21. The molecule has 0 fully saturated rings. The van der Waals surface area contributed by atoms with Crippen LogP contribution >= 0.6 is 0 Å². The topological polar surface area (TPSA) is 51.6 Å². The van der Waals surface area contributed by atoms with Crippen LogP contribution in [0.25, 0.3) is 11.0 Å². The van der Waals surface area contributed by atoms with Crippen LogP contribution in [-0.2, 0) is 0 Å². The molecule has 0 aliphatic rings. The average Bonchev–Trinajstić information content (AvgIpc) is 2.17. The van der Waals surface area contributed by atoms with Gasteiger partial charge in [0, 0.05) is 6.20 Å². The minimum absolute atomic E-state index is 0.465. The molecule has 2 heterocycles. The fourth-order valence-corrected chi connectivity index (χ4v) is 1.13. The molecule has 2 rings (SSSR count). The highest BCUT2D eigenvalue weighted by Crippen LogP contribution is 2.16. The van der Waals surface area contributed by atoms with Crippen LogP contribution in [0.3, 0.4) is 0 Å². The van der Waals surface area contributed by atoms with Crippen LogP contribution < -0.4 is 0 Å². The highest BCUT2D eigenvalue weighted by atomic mass is 15.3. The highest BCUT2D eigenvalue weighted by Gasteiger charge is 2.02. The first-order chi connectivity index (χ1) is 6.27. The summed E-state index contributed by atoms with van der Waals surface area (Å²) in [6.07, 6.45) is 3.47. The molecule has 0 saturated carbocycles. The monoisotopic (exact) mass is 174 g/mol. The van der Waals surface area contributed by atoms with Crippen LogP contribution in [0.1, 0.15) is 25.3 Å². The number of fused-ring (bicyclic) bond motifs is 1. The van der Waals surface area contributed by atoms with Gasteiger partial charge >= 0.3 is 0 Å². The molecule has 13 heavy (non-hydrogen) atoms.